The van der Waals surface area contributed by atoms with Crippen molar-refractivity contribution in [2.45, 2.75) is 44.8 Å². The number of pyridine rings is 1. The molecule has 1 aromatic heterocycles. The first-order chi connectivity index (χ1) is 11.2. The molecule has 0 aliphatic carbocycles. The van der Waals surface area contributed by atoms with E-state index in [1.165, 1.54) is 0 Å². The van der Waals surface area contributed by atoms with Crippen LogP contribution in [0.1, 0.15) is 38.3 Å². The van der Waals surface area contributed by atoms with Crippen LogP contribution in [0, 0.1) is 0 Å². The maximum absolute atomic E-state index is 12.1. The van der Waals surface area contributed by atoms with Crippen molar-refractivity contribution in [3.05, 3.63) is 30.1 Å². The summed E-state index contributed by atoms with van der Waals surface area (Å²) >= 11 is 0. The van der Waals surface area contributed by atoms with Crippen LogP contribution in [0.5, 0.6) is 0 Å². The lowest BCUT2D eigenvalue weighted by molar-refractivity contribution is -0.114. The van der Waals surface area contributed by atoms with Gasteiger partial charge >= 0.3 is 0 Å². The van der Waals surface area contributed by atoms with E-state index >= 15 is 0 Å². The first-order valence-corrected chi connectivity index (χ1v) is 8.36. The lowest BCUT2D eigenvalue weighted by Gasteiger charge is -2.38. The van der Waals surface area contributed by atoms with Crippen LogP contribution in [0.15, 0.2) is 29.6 Å². The normalized spacial score (nSPS) is 24.3. The van der Waals surface area contributed by atoms with Gasteiger partial charge in [0.25, 0.3) is 5.91 Å². The first kappa shape index (κ1) is 15.9. The fourth-order valence-electron chi connectivity index (χ4n) is 3.25. The van der Waals surface area contributed by atoms with Crippen LogP contribution in [0.25, 0.3) is 0 Å². The lowest BCUT2D eigenvalue weighted by Crippen LogP contribution is -2.48. The summed E-state index contributed by atoms with van der Waals surface area (Å²) < 4.78 is 0. The largest absolute Gasteiger partial charge is 0.387 e. The molecule has 0 unspecified atom stereocenters. The third-order valence-corrected chi connectivity index (χ3v) is 4.37. The Morgan fingerprint density at radius 2 is 2.39 bits per heavy atom. The number of rotatable bonds is 5. The number of carbonyl (C=O) groups is 1. The quantitative estimate of drug-likeness (QED) is 0.898. The number of hydrogen-bond donors (Lipinski definition) is 1. The first-order valence-electron chi connectivity index (χ1n) is 8.36. The van der Waals surface area contributed by atoms with E-state index in [0.29, 0.717) is 18.7 Å². The fraction of sp³-hybridized carbons (Fsp3) is 0.588. The van der Waals surface area contributed by atoms with Crippen molar-refractivity contribution < 1.29 is 9.63 Å². The van der Waals surface area contributed by atoms with Crippen LogP contribution in [0.4, 0.5) is 0 Å². The van der Waals surface area contributed by atoms with Gasteiger partial charge in [-0.15, -0.1) is 0 Å². The summed E-state index contributed by atoms with van der Waals surface area (Å²) in [5, 5.41) is 6.94. The van der Waals surface area contributed by atoms with Gasteiger partial charge in [-0.25, -0.2) is 0 Å². The van der Waals surface area contributed by atoms with Gasteiger partial charge in [0.15, 0.2) is 5.60 Å². The number of carbonyl (C=O) groups excluding carboxylic acids is 1. The number of hydrogen-bond acceptors (Lipinski definition) is 5. The molecule has 0 radical (unpaired) electrons. The van der Waals surface area contributed by atoms with E-state index < -0.39 is 0 Å². The zero-order chi connectivity index (χ0) is 16.1. The summed E-state index contributed by atoms with van der Waals surface area (Å²) in [6, 6.07) is 5.97. The van der Waals surface area contributed by atoms with E-state index in [1.807, 2.05) is 31.3 Å². The highest BCUT2D eigenvalue weighted by Gasteiger charge is 2.44. The summed E-state index contributed by atoms with van der Waals surface area (Å²) in [6.45, 7) is 5.34. The maximum atomic E-state index is 12.1. The minimum Gasteiger partial charge on any atom is -0.387 e. The second kappa shape index (κ2) is 7.08. The number of oxime groups is 1. The van der Waals surface area contributed by atoms with E-state index in [9.17, 15) is 4.79 Å². The van der Waals surface area contributed by atoms with Gasteiger partial charge in [-0.1, -0.05) is 18.1 Å². The van der Waals surface area contributed by atoms with Gasteiger partial charge in [0.2, 0.25) is 0 Å². The molecule has 3 heterocycles. The Hall–Kier alpha value is -1.95. The van der Waals surface area contributed by atoms with Crippen LogP contribution >= 0.6 is 0 Å². The van der Waals surface area contributed by atoms with Crippen molar-refractivity contribution in [2.75, 3.05) is 19.6 Å². The molecule has 0 aromatic carbocycles. The molecular formula is C17H24N4O2. The van der Waals surface area contributed by atoms with Crippen molar-refractivity contribution in [3.63, 3.8) is 0 Å². The van der Waals surface area contributed by atoms with Crippen molar-refractivity contribution in [1.82, 2.24) is 15.2 Å². The molecule has 6 nitrogen and oxygen atoms in total. The van der Waals surface area contributed by atoms with Gasteiger partial charge in [-0.2, -0.15) is 0 Å². The number of likely N-dealkylation sites (tertiary alicyclic amines) is 1. The predicted octanol–water partition coefficient (Wildman–Crippen LogP) is 1.72. The fourth-order valence-corrected chi connectivity index (χ4v) is 3.25. The maximum Gasteiger partial charge on any atom is 0.269 e. The second-order valence-electron chi connectivity index (χ2n) is 6.38. The van der Waals surface area contributed by atoms with Gasteiger partial charge in [0, 0.05) is 32.3 Å². The van der Waals surface area contributed by atoms with Crippen LogP contribution < -0.4 is 5.32 Å². The SMILES string of the molecule is CCCNC(=O)C1=NO[C@]2(CCCN(Cc3ccccn3)C2)C1. The number of nitrogens with one attached hydrogen (secondary N) is 1. The summed E-state index contributed by atoms with van der Waals surface area (Å²) in [5.41, 5.74) is 1.24. The molecule has 23 heavy (non-hydrogen) atoms. The molecule has 1 N–H and O–H groups in total. The molecule has 124 valence electrons. The number of aromatic nitrogens is 1. The summed E-state index contributed by atoms with van der Waals surface area (Å²) in [4.78, 5) is 24.5. The standard InChI is InChI=1S/C17H24N4O2/c1-2-8-19-16(22)15-11-17(23-20-15)7-5-10-21(13-17)12-14-6-3-4-9-18-14/h3-4,6,9H,2,5,7-8,10-13H2,1H3,(H,19,22)/t17-/m1/s1. The van der Waals surface area contributed by atoms with Crippen molar-refractivity contribution in [2.24, 2.45) is 5.16 Å². The Balaban J connectivity index is 1.58. The molecule has 0 bridgehead atoms. The Labute approximate surface area is 136 Å². The number of amides is 1. The average Bonchev–Trinajstić information content (AvgIpc) is 2.97. The summed E-state index contributed by atoms with van der Waals surface area (Å²) in [7, 11) is 0. The average molecular weight is 316 g/mol. The van der Waals surface area contributed by atoms with E-state index in [4.69, 9.17) is 4.84 Å². The molecule has 6 heteroatoms. The molecule has 1 spiro atoms. The predicted molar refractivity (Wildman–Crippen MR) is 87.9 cm³/mol. The smallest absolute Gasteiger partial charge is 0.269 e. The van der Waals surface area contributed by atoms with Crippen LogP contribution in [-0.2, 0) is 16.2 Å². The molecule has 0 saturated carbocycles. The minimum atomic E-state index is -0.341. The van der Waals surface area contributed by atoms with E-state index in [1.54, 1.807) is 0 Å². The molecular weight excluding hydrogens is 292 g/mol. The topological polar surface area (TPSA) is 66.8 Å². The van der Waals surface area contributed by atoms with E-state index in [-0.39, 0.29) is 11.5 Å². The lowest BCUT2D eigenvalue weighted by atomic mass is 9.88. The van der Waals surface area contributed by atoms with Crippen LogP contribution in [-0.4, -0.2) is 46.7 Å². The minimum absolute atomic E-state index is 0.0921. The van der Waals surface area contributed by atoms with Crippen molar-refractivity contribution >= 4 is 11.6 Å². The molecule has 2 aliphatic heterocycles. The third kappa shape index (κ3) is 3.88. The van der Waals surface area contributed by atoms with Gasteiger partial charge in [-0.05, 0) is 37.9 Å². The molecule has 1 saturated heterocycles. The molecule has 1 atom stereocenters. The molecule has 2 aliphatic rings. The van der Waals surface area contributed by atoms with Gasteiger partial charge in [0.1, 0.15) is 5.71 Å². The van der Waals surface area contributed by atoms with E-state index in [0.717, 1.165) is 44.6 Å². The zero-order valence-electron chi connectivity index (χ0n) is 13.6. The van der Waals surface area contributed by atoms with Crippen molar-refractivity contribution in [3.8, 4) is 0 Å². The third-order valence-electron chi connectivity index (χ3n) is 4.37. The van der Waals surface area contributed by atoms with Crippen LogP contribution in [0.2, 0.25) is 0 Å². The van der Waals surface area contributed by atoms with Crippen molar-refractivity contribution in [1.29, 1.82) is 0 Å². The summed E-state index contributed by atoms with van der Waals surface area (Å²) in [6.07, 6.45) is 5.33. The van der Waals surface area contributed by atoms with Gasteiger partial charge < -0.3 is 10.2 Å². The highest BCUT2D eigenvalue weighted by atomic mass is 16.7. The van der Waals surface area contributed by atoms with Gasteiger partial charge in [0.05, 0.1) is 5.69 Å². The highest BCUT2D eigenvalue weighted by Crippen LogP contribution is 2.33. The summed E-state index contributed by atoms with van der Waals surface area (Å²) in [5.74, 6) is -0.0921. The molecule has 1 aromatic rings. The van der Waals surface area contributed by atoms with Gasteiger partial charge in [-0.3, -0.25) is 14.7 Å². The second-order valence-corrected chi connectivity index (χ2v) is 6.38. The molecule has 1 amide bonds. The Morgan fingerprint density at radius 3 is 3.17 bits per heavy atom. The Bertz CT molecular complexity index is 575. The van der Waals surface area contributed by atoms with Crippen LogP contribution in [0.3, 0.4) is 0 Å². The Morgan fingerprint density at radius 1 is 1.48 bits per heavy atom. The number of piperidine rings is 1. The Kier molecular flexibility index (Phi) is 4.91. The zero-order valence-corrected chi connectivity index (χ0v) is 13.6. The highest BCUT2D eigenvalue weighted by molar-refractivity contribution is 6.39. The number of nitrogens with zero attached hydrogens (tertiary/aromatic N) is 3. The monoisotopic (exact) mass is 316 g/mol. The molecule has 3 rings (SSSR count). The molecule has 1 fully saturated rings. The van der Waals surface area contributed by atoms with E-state index in [2.05, 4.69) is 20.4 Å².